The fourth-order valence-corrected chi connectivity index (χ4v) is 2.09. The zero-order chi connectivity index (χ0) is 14.8. The summed E-state index contributed by atoms with van der Waals surface area (Å²) in [6, 6.07) is 6.76. The maximum absolute atomic E-state index is 11.7. The predicted molar refractivity (Wildman–Crippen MR) is 77.8 cm³/mol. The van der Waals surface area contributed by atoms with Crippen LogP contribution in [0.4, 0.5) is 0 Å². The first kappa shape index (κ1) is 13.6. The van der Waals surface area contributed by atoms with Gasteiger partial charge in [0, 0.05) is 12.5 Å². The molecule has 0 saturated heterocycles. The molecule has 0 spiro atoms. The maximum Gasteiger partial charge on any atom is 0.254 e. The number of H-pyrrole nitrogens is 1. The van der Waals surface area contributed by atoms with Gasteiger partial charge in [0.1, 0.15) is 5.82 Å². The Hall–Kier alpha value is -2.34. The molecule has 0 atom stereocenters. The fraction of sp³-hybridized carbons (Fsp3) is 0.333. The average molecular weight is 287 g/mol. The third-order valence-corrected chi connectivity index (χ3v) is 3.38. The van der Waals surface area contributed by atoms with Crippen LogP contribution in [-0.4, -0.2) is 17.1 Å². The molecule has 6 nitrogen and oxygen atoms in total. The highest BCUT2D eigenvalue weighted by Crippen LogP contribution is 2.38. The standard InChI is InChI=1S/C15H17N3O3/c1-20-12-6-9(8-16)2-5-11(12)21-14-7-13(19)17-15(18-14)10-3-4-10/h2,5-7,10H,3-4,8,16H2,1H3,(H,17,18,19). The second-order valence-corrected chi connectivity index (χ2v) is 5.03. The van der Waals surface area contributed by atoms with Crippen molar-refractivity contribution in [2.45, 2.75) is 25.3 Å². The highest BCUT2D eigenvalue weighted by Gasteiger charge is 2.26. The number of hydrogen-bond acceptors (Lipinski definition) is 5. The van der Waals surface area contributed by atoms with Gasteiger partial charge in [-0.05, 0) is 30.5 Å². The van der Waals surface area contributed by atoms with Crippen LogP contribution >= 0.6 is 0 Å². The Morgan fingerprint density at radius 3 is 2.81 bits per heavy atom. The monoisotopic (exact) mass is 287 g/mol. The molecule has 3 N–H and O–H groups in total. The molecule has 0 bridgehead atoms. The third-order valence-electron chi connectivity index (χ3n) is 3.38. The van der Waals surface area contributed by atoms with Crippen molar-refractivity contribution in [1.82, 2.24) is 9.97 Å². The zero-order valence-corrected chi connectivity index (χ0v) is 11.8. The highest BCUT2D eigenvalue weighted by atomic mass is 16.5. The van der Waals surface area contributed by atoms with Crippen molar-refractivity contribution in [1.29, 1.82) is 0 Å². The van der Waals surface area contributed by atoms with Gasteiger partial charge in [-0.2, -0.15) is 4.98 Å². The lowest BCUT2D eigenvalue weighted by Gasteiger charge is -2.11. The van der Waals surface area contributed by atoms with E-state index < -0.39 is 0 Å². The number of hydrogen-bond donors (Lipinski definition) is 2. The van der Waals surface area contributed by atoms with E-state index in [1.54, 1.807) is 13.2 Å². The first-order valence-corrected chi connectivity index (χ1v) is 6.85. The molecule has 1 aliphatic carbocycles. The predicted octanol–water partition coefficient (Wildman–Crippen LogP) is 1.91. The largest absolute Gasteiger partial charge is 0.493 e. The Morgan fingerprint density at radius 1 is 1.33 bits per heavy atom. The zero-order valence-electron chi connectivity index (χ0n) is 11.8. The van der Waals surface area contributed by atoms with E-state index in [0.717, 1.165) is 18.4 Å². The van der Waals surface area contributed by atoms with E-state index in [1.807, 2.05) is 12.1 Å². The molecule has 21 heavy (non-hydrogen) atoms. The van der Waals surface area contributed by atoms with Gasteiger partial charge in [-0.3, -0.25) is 4.79 Å². The van der Waals surface area contributed by atoms with Crippen molar-refractivity contribution in [3.63, 3.8) is 0 Å². The molecule has 3 rings (SSSR count). The number of aromatic amines is 1. The number of aromatic nitrogens is 2. The van der Waals surface area contributed by atoms with Crippen molar-refractivity contribution in [3.8, 4) is 17.4 Å². The smallest absolute Gasteiger partial charge is 0.254 e. The summed E-state index contributed by atoms with van der Waals surface area (Å²) in [5.74, 6) is 2.39. The molecule has 2 aromatic rings. The highest BCUT2D eigenvalue weighted by molar-refractivity contribution is 5.44. The molecule has 1 saturated carbocycles. The van der Waals surface area contributed by atoms with Gasteiger partial charge in [-0.25, -0.2) is 0 Å². The Kier molecular flexibility index (Phi) is 3.62. The quantitative estimate of drug-likeness (QED) is 0.876. The lowest BCUT2D eigenvalue weighted by atomic mass is 10.2. The van der Waals surface area contributed by atoms with Crippen molar-refractivity contribution in [2.24, 2.45) is 5.73 Å². The average Bonchev–Trinajstić information content (AvgIpc) is 3.31. The normalized spacial score (nSPS) is 14.0. The van der Waals surface area contributed by atoms with E-state index in [-0.39, 0.29) is 11.4 Å². The van der Waals surface area contributed by atoms with Gasteiger partial charge in [0.05, 0.1) is 13.2 Å². The van der Waals surface area contributed by atoms with Crippen LogP contribution in [-0.2, 0) is 6.54 Å². The van der Waals surface area contributed by atoms with Gasteiger partial charge in [-0.1, -0.05) is 6.07 Å². The first-order valence-electron chi connectivity index (χ1n) is 6.85. The summed E-state index contributed by atoms with van der Waals surface area (Å²) in [6.45, 7) is 0.422. The molecule has 110 valence electrons. The number of nitrogens with zero attached hydrogens (tertiary/aromatic N) is 1. The molecular formula is C15H17N3O3. The molecule has 1 heterocycles. The van der Waals surface area contributed by atoms with Crippen LogP contribution in [0.15, 0.2) is 29.1 Å². The van der Waals surface area contributed by atoms with E-state index >= 15 is 0 Å². The minimum absolute atomic E-state index is 0.209. The molecule has 1 aliphatic rings. The topological polar surface area (TPSA) is 90.2 Å². The molecule has 0 radical (unpaired) electrons. The molecular weight excluding hydrogens is 270 g/mol. The summed E-state index contributed by atoms with van der Waals surface area (Å²) in [4.78, 5) is 18.8. The minimum Gasteiger partial charge on any atom is -0.493 e. The lowest BCUT2D eigenvalue weighted by Crippen LogP contribution is -2.10. The maximum atomic E-state index is 11.7. The van der Waals surface area contributed by atoms with Crippen LogP contribution < -0.4 is 20.8 Å². The molecule has 1 aromatic heterocycles. The van der Waals surface area contributed by atoms with Gasteiger partial charge in [-0.15, -0.1) is 0 Å². The van der Waals surface area contributed by atoms with Crippen LogP contribution in [0.2, 0.25) is 0 Å². The molecule has 0 unspecified atom stereocenters. The first-order chi connectivity index (χ1) is 10.2. The van der Waals surface area contributed by atoms with Gasteiger partial charge in [0.15, 0.2) is 11.5 Å². The minimum atomic E-state index is -0.209. The van der Waals surface area contributed by atoms with Crippen molar-refractivity contribution >= 4 is 0 Å². The van der Waals surface area contributed by atoms with Crippen LogP contribution in [0.3, 0.4) is 0 Å². The van der Waals surface area contributed by atoms with Gasteiger partial charge >= 0.3 is 0 Å². The van der Waals surface area contributed by atoms with Gasteiger partial charge in [0.25, 0.3) is 5.56 Å². The van der Waals surface area contributed by atoms with Crippen molar-refractivity contribution < 1.29 is 9.47 Å². The second-order valence-electron chi connectivity index (χ2n) is 5.03. The Balaban J connectivity index is 1.91. The Bertz CT molecular complexity index is 708. The second kappa shape index (κ2) is 5.57. The molecule has 1 aromatic carbocycles. The van der Waals surface area contributed by atoms with Gasteiger partial charge < -0.3 is 20.2 Å². The fourth-order valence-electron chi connectivity index (χ4n) is 2.09. The summed E-state index contributed by atoms with van der Waals surface area (Å²) >= 11 is 0. The van der Waals surface area contributed by atoms with E-state index in [4.69, 9.17) is 15.2 Å². The van der Waals surface area contributed by atoms with Crippen molar-refractivity contribution in [2.75, 3.05) is 7.11 Å². The number of ether oxygens (including phenoxy) is 2. The SMILES string of the molecule is COc1cc(CN)ccc1Oc1cc(=O)[nH]c(C2CC2)n1. The van der Waals surface area contributed by atoms with E-state index in [2.05, 4.69) is 9.97 Å². The summed E-state index contributed by atoms with van der Waals surface area (Å²) in [5.41, 5.74) is 6.33. The van der Waals surface area contributed by atoms with Crippen LogP contribution in [0, 0.1) is 0 Å². The van der Waals surface area contributed by atoms with Crippen LogP contribution in [0.1, 0.15) is 30.1 Å². The van der Waals surface area contributed by atoms with Crippen LogP contribution in [0.25, 0.3) is 0 Å². The number of nitrogens with two attached hydrogens (primary N) is 1. The van der Waals surface area contributed by atoms with Gasteiger partial charge in [0.2, 0.25) is 5.88 Å². The molecule has 0 amide bonds. The number of nitrogens with one attached hydrogen (secondary N) is 1. The van der Waals surface area contributed by atoms with E-state index in [1.165, 1.54) is 6.07 Å². The number of benzene rings is 1. The van der Waals surface area contributed by atoms with Crippen LogP contribution in [0.5, 0.6) is 17.4 Å². The van der Waals surface area contributed by atoms with E-state index in [0.29, 0.717) is 29.8 Å². The summed E-state index contributed by atoms with van der Waals surface area (Å²) in [6.07, 6.45) is 2.11. The number of rotatable bonds is 5. The Labute approximate surface area is 121 Å². The third kappa shape index (κ3) is 3.05. The summed E-state index contributed by atoms with van der Waals surface area (Å²) in [7, 11) is 1.56. The summed E-state index contributed by atoms with van der Waals surface area (Å²) in [5, 5.41) is 0. The Morgan fingerprint density at radius 2 is 2.14 bits per heavy atom. The summed E-state index contributed by atoms with van der Waals surface area (Å²) < 4.78 is 11.0. The molecule has 1 fully saturated rings. The molecule has 6 heteroatoms. The lowest BCUT2D eigenvalue weighted by molar-refractivity contribution is 0.372. The number of methoxy groups -OCH3 is 1. The van der Waals surface area contributed by atoms with Crippen molar-refractivity contribution in [3.05, 3.63) is 46.0 Å². The van der Waals surface area contributed by atoms with E-state index in [9.17, 15) is 4.79 Å². The molecule has 0 aliphatic heterocycles.